The third-order valence-electron chi connectivity index (χ3n) is 13.0. The molecular weight excluding hydrogens is 929 g/mol. The molecule has 1 aliphatic heterocycles. The Hall–Kier alpha value is -6.40. The first-order valence-electron chi connectivity index (χ1n) is 25.7. The molecule has 2 aliphatic rings. The number of rotatable bonds is 24. The van der Waals surface area contributed by atoms with Crippen LogP contribution in [0.3, 0.4) is 0 Å². The molecule has 0 bridgehead atoms. The Labute approximate surface area is 431 Å². The van der Waals surface area contributed by atoms with E-state index < -0.39 is 5.60 Å². The van der Waals surface area contributed by atoms with Gasteiger partial charge in [0.25, 0.3) is 17.7 Å². The summed E-state index contributed by atoms with van der Waals surface area (Å²) in [5, 5.41) is 6.34. The number of benzene rings is 3. The van der Waals surface area contributed by atoms with E-state index >= 15 is 0 Å². The zero-order chi connectivity index (χ0) is 52.3. The minimum absolute atomic E-state index is 0.0564. The standard InChI is InChI=1S/C56H76N8O9/c1-8-63(9-2)45-20-21-49(47(40-45)50-39-43(22-24-57-50)53(67)58-48-19-13-15-41-14-10-11-18-46(41)48)59-52(66)42-16-12-17-44(38-42)54(68)60(6)25-26-62-27-29-64(30-28-62)55(69)61(7)31-33-71-35-37-72-36-34-70-32-23-51(65)73-56(3,4)5/h10-12,14,16-18,20-22,24,38-40,48H,8-9,13,15,19,23,25-37H2,1-7H3,(H,58,67)(H,59,66)/t48-/m0/s1. The molecule has 0 spiro atoms. The van der Waals surface area contributed by atoms with Crippen LogP contribution < -0.4 is 15.5 Å². The van der Waals surface area contributed by atoms with E-state index in [1.54, 1.807) is 66.5 Å². The van der Waals surface area contributed by atoms with E-state index in [-0.39, 0.29) is 48.8 Å². The minimum Gasteiger partial charge on any atom is -0.460 e. The van der Waals surface area contributed by atoms with E-state index in [9.17, 15) is 24.0 Å². The first-order chi connectivity index (χ1) is 35.1. The first kappa shape index (κ1) is 55.9. The van der Waals surface area contributed by atoms with E-state index in [4.69, 9.17) is 18.9 Å². The van der Waals surface area contributed by atoms with Gasteiger partial charge in [0.15, 0.2) is 0 Å². The van der Waals surface area contributed by atoms with Crippen LogP contribution in [0.25, 0.3) is 11.3 Å². The molecule has 0 radical (unpaired) electrons. The molecule has 1 saturated heterocycles. The highest BCUT2D eigenvalue weighted by atomic mass is 16.6. The molecule has 1 aliphatic carbocycles. The summed E-state index contributed by atoms with van der Waals surface area (Å²) in [7, 11) is 3.52. The number of nitrogens with one attached hydrogen (secondary N) is 2. The molecule has 4 aromatic rings. The van der Waals surface area contributed by atoms with Gasteiger partial charge in [-0.3, -0.25) is 29.1 Å². The number of aryl methyl sites for hydroxylation is 1. The van der Waals surface area contributed by atoms with Crippen LogP contribution in [-0.4, -0.2) is 173 Å². The number of anilines is 2. The van der Waals surface area contributed by atoms with Gasteiger partial charge in [-0.15, -0.1) is 0 Å². The number of aromatic nitrogens is 1. The van der Waals surface area contributed by atoms with Crippen LogP contribution in [0, 0.1) is 0 Å². The Kier molecular flexibility index (Phi) is 21.1. The molecule has 0 saturated carbocycles. The van der Waals surface area contributed by atoms with E-state index in [1.807, 2.05) is 56.0 Å². The monoisotopic (exact) mass is 1000 g/mol. The number of nitrogens with zero attached hydrogens (tertiary/aromatic N) is 6. The summed E-state index contributed by atoms with van der Waals surface area (Å²) in [5.41, 5.74) is 5.79. The predicted molar refractivity (Wildman–Crippen MR) is 283 cm³/mol. The highest BCUT2D eigenvalue weighted by Gasteiger charge is 2.26. The summed E-state index contributed by atoms with van der Waals surface area (Å²) in [6, 6.07) is 24.2. The molecule has 17 heteroatoms. The quantitative estimate of drug-likeness (QED) is 0.0536. The Morgan fingerprint density at radius 3 is 2.14 bits per heavy atom. The number of ether oxygens (including phenoxy) is 4. The van der Waals surface area contributed by atoms with Gasteiger partial charge < -0.3 is 49.2 Å². The van der Waals surface area contributed by atoms with Gasteiger partial charge in [-0.1, -0.05) is 30.3 Å². The lowest BCUT2D eigenvalue weighted by Crippen LogP contribution is -2.53. The molecule has 5 amide bonds. The molecular formula is C56H76N8O9. The summed E-state index contributed by atoms with van der Waals surface area (Å²) < 4.78 is 21.9. The lowest BCUT2D eigenvalue weighted by atomic mass is 9.87. The third kappa shape index (κ3) is 16.8. The van der Waals surface area contributed by atoms with Crippen LogP contribution >= 0.6 is 0 Å². The second kappa shape index (κ2) is 27.6. The number of esters is 1. The average Bonchev–Trinajstić information content (AvgIpc) is 3.39. The lowest BCUT2D eigenvalue weighted by molar-refractivity contribution is -0.156. The van der Waals surface area contributed by atoms with Crippen LogP contribution in [-0.2, 0) is 30.2 Å². The molecule has 394 valence electrons. The second-order valence-electron chi connectivity index (χ2n) is 19.4. The molecule has 3 aromatic carbocycles. The molecule has 2 heterocycles. The van der Waals surface area contributed by atoms with Crippen LogP contribution in [0.5, 0.6) is 0 Å². The van der Waals surface area contributed by atoms with Crippen molar-refractivity contribution in [2.24, 2.45) is 0 Å². The Balaban J connectivity index is 0.946. The van der Waals surface area contributed by atoms with Crippen molar-refractivity contribution in [2.45, 2.75) is 71.9 Å². The van der Waals surface area contributed by atoms with Crippen molar-refractivity contribution in [1.82, 2.24) is 29.9 Å². The number of likely N-dealkylation sites (N-methyl/N-ethyl adjacent to an activating group) is 2. The smallest absolute Gasteiger partial charge is 0.319 e. The second-order valence-corrected chi connectivity index (χ2v) is 19.4. The number of carbonyl (C=O) groups is 5. The average molecular weight is 1010 g/mol. The predicted octanol–water partition coefficient (Wildman–Crippen LogP) is 7.18. The molecule has 6 rings (SSSR count). The van der Waals surface area contributed by atoms with Gasteiger partial charge in [-0.2, -0.15) is 0 Å². The van der Waals surface area contributed by atoms with Crippen LogP contribution in [0.4, 0.5) is 16.2 Å². The molecule has 73 heavy (non-hydrogen) atoms. The minimum atomic E-state index is -0.511. The van der Waals surface area contributed by atoms with Gasteiger partial charge in [0.1, 0.15) is 5.60 Å². The zero-order valence-corrected chi connectivity index (χ0v) is 44.0. The fourth-order valence-electron chi connectivity index (χ4n) is 8.90. The van der Waals surface area contributed by atoms with Crippen molar-refractivity contribution in [1.29, 1.82) is 0 Å². The summed E-state index contributed by atoms with van der Waals surface area (Å²) in [5.74, 6) is -1.07. The van der Waals surface area contributed by atoms with Crippen molar-refractivity contribution >= 4 is 41.1 Å². The van der Waals surface area contributed by atoms with Crippen LogP contribution in [0.15, 0.2) is 85.1 Å². The fraction of sp³-hybridized carbons (Fsp3) is 0.500. The fourth-order valence-corrected chi connectivity index (χ4v) is 8.90. The Bertz CT molecular complexity index is 2470. The lowest BCUT2D eigenvalue weighted by Gasteiger charge is -2.37. The largest absolute Gasteiger partial charge is 0.460 e. The molecule has 1 atom stereocenters. The van der Waals surface area contributed by atoms with Gasteiger partial charge >= 0.3 is 12.0 Å². The van der Waals surface area contributed by atoms with E-state index in [0.29, 0.717) is 112 Å². The van der Waals surface area contributed by atoms with E-state index in [1.165, 1.54) is 5.56 Å². The number of carbonyl (C=O) groups excluding carboxylic acids is 5. The number of pyridine rings is 1. The number of urea groups is 1. The number of hydrogen-bond donors (Lipinski definition) is 2. The number of piperazine rings is 1. The third-order valence-corrected chi connectivity index (χ3v) is 13.0. The van der Waals surface area contributed by atoms with Crippen molar-refractivity contribution in [3.05, 3.63) is 113 Å². The highest BCUT2D eigenvalue weighted by molar-refractivity contribution is 6.08. The molecule has 1 fully saturated rings. The van der Waals surface area contributed by atoms with E-state index in [2.05, 4.69) is 51.4 Å². The molecule has 17 nitrogen and oxygen atoms in total. The normalized spacial score (nSPS) is 14.7. The summed E-state index contributed by atoms with van der Waals surface area (Å²) in [4.78, 5) is 80.7. The van der Waals surface area contributed by atoms with Crippen molar-refractivity contribution < 1.29 is 42.9 Å². The Morgan fingerprint density at radius 1 is 0.726 bits per heavy atom. The van der Waals surface area contributed by atoms with Gasteiger partial charge in [-0.25, -0.2) is 4.79 Å². The van der Waals surface area contributed by atoms with Crippen molar-refractivity contribution in [2.75, 3.05) is 123 Å². The molecule has 1 aromatic heterocycles. The van der Waals surface area contributed by atoms with Crippen molar-refractivity contribution in [3.8, 4) is 11.3 Å². The number of fused-ring (bicyclic) bond motifs is 1. The van der Waals surface area contributed by atoms with Gasteiger partial charge in [0.05, 0.1) is 63.5 Å². The van der Waals surface area contributed by atoms with Gasteiger partial charge in [0, 0.05) is 107 Å². The summed E-state index contributed by atoms with van der Waals surface area (Å²) >= 11 is 0. The molecule has 0 unspecified atom stereocenters. The highest BCUT2D eigenvalue weighted by Crippen LogP contribution is 2.33. The number of hydrogen-bond acceptors (Lipinski definition) is 12. The van der Waals surface area contributed by atoms with Gasteiger partial charge in [-0.05, 0) is 114 Å². The maximum absolute atomic E-state index is 14.0. The summed E-state index contributed by atoms with van der Waals surface area (Å²) in [6.45, 7) is 17.4. The first-order valence-corrected chi connectivity index (χ1v) is 25.7. The van der Waals surface area contributed by atoms with Crippen molar-refractivity contribution in [3.63, 3.8) is 0 Å². The van der Waals surface area contributed by atoms with Gasteiger partial charge in [0.2, 0.25) is 0 Å². The zero-order valence-electron chi connectivity index (χ0n) is 44.0. The van der Waals surface area contributed by atoms with Crippen LogP contribution in [0.1, 0.15) is 102 Å². The van der Waals surface area contributed by atoms with E-state index in [0.717, 1.165) is 43.6 Å². The molecule has 2 N–H and O–H groups in total. The number of amides is 5. The summed E-state index contributed by atoms with van der Waals surface area (Å²) in [6.07, 6.45) is 4.69. The Morgan fingerprint density at radius 2 is 1.41 bits per heavy atom. The topological polar surface area (TPSA) is 175 Å². The maximum atomic E-state index is 14.0. The van der Waals surface area contributed by atoms with Crippen LogP contribution in [0.2, 0.25) is 0 Å². The maximum Gasteiger partial charge on any atom is 0.319 e. The SMILES string of the molecule is CCN(CC)c1ccc(NC(=O)c2cccc(C(=O)N(C)CCN3CCN(C(=O)N(C)CCOCCOCCOCCC(=O)OC(C)(C)C)CC3)c2)c(-c2cc(C(=O)N[C@H]3CCCc4ccccc43)ccn2)c1.